The predicted molar refractivity (Wildman–Crippen MR) is 307 cm³/mol. The average Bonchev–Trinajstić information content (AvgIpc) is 3.36. The molecular weight excluding hydrogens is 999 g/mol. The molecule has 0 aliphatic carbocycles. The van der Waals surface area contributed by atoms with Gasteiger partial charge in [-0.25, -0.2) is 9.59 Å². The van der Waals surface area contributed by atoms with Gasteiger partial charge in [0, 0.05) is 65.0 Å². The Morgan fingerprint density at radius 2 is 0.782 bits per heavy atom. The van der Waals surface area contributed by atoms with E-state index in [0.29, 0.717) is 69.0 Å². The third kappa shape index (κ3) is 22.8. The van der Waals surface area contributed by atoms with E-state index in [1.165, 1.54) is 14.2 Å². The maximum Gasteiger partial charge on any atom is 0.337 e. The van der Waals surface area contributed by atoms with E-state index in [-0.39, 0.29) is 89.1 Å². The zero-order valence-electron chi connectivity index (χ0n) is 49.5. The Hall–Kier alpha value is -5.34. The number of carboxylic acid groups (broad SMARTS) is 1. The Bertz CT molecular complexity index is 2140. The van der Waals surface area contributed by atoms with Crippen LogP contribution in [0.4, 0.5) is 0 Å². The number of piperidine rings is 3. The smallest absolute Gasteiger partial charge is 0.337 e. The van der Waals surface area contributed by atoms with Crippen molar-refractivity contribution < 1.29 is 57.9 Å². The van der Waals surface area contributed by atoms with Gasteiger partial charge in [0.2, 0.25) is 17.7 Å². The average molecular weight is 1100 g/mol. The molecule has 78 heavy (non-hydrogen) atoms. The Kier molecular flexibility index (Phi) is 29.0. The molecule has 3 amide bonds. The number of benzene rings is 2. The first-order valence-corrected chi connectivity index (χ1v) is 27.0. The summed E-state index contributed by atoms with van der Waals surface area (Å²) in [5, 5.41) is 27.0. The SMILES string of the molecule is C.CN[C@H](C(=O)N1CCC(O)CC1)C(C)(C)C.CN[C@H](C(=O)N1CCC(Oc2ccc(C(=O)OC)cc2)CC1)C(C)(C)C.CN[C@H](C(=O)O)C(C)(C)C.COC(=O)c1ccc(OC2CCN(C(=O)[C@@H](N)C(C)(C)C)CC2)cc1. The van der Waals surface area contributed by atoms with Crippen LogP contribution in [-0.2, 0) is 28.7 Å². The zero-order valence-corrected chi connectivity index (χ0v) is 49.5. The predicted octanol–water partition coefficient (Wildman–Crippen LogP) is 6.64. The van der Waals surface area contributed by atoms with E-state index in [1.54, 1.807) is 55.6 Å². The number of ether oxygens (including phenoxy) is 4. The first-order valence-electron chi connectivity index (χ1n) is 27.0. The summed E-state index contributed by atoms with van der Waals surface area (Å²) in [6.07, 6.45) is 4.42. The number of hydrogen-bond donors (Lipinski definition) is 6. The topological polar surface area (TPSA) is 252 Å². The number of aliphatic hydroxyl groups is 1. The minimum absolute atomic E-state index is 0. The van der Waals surface area contributed by atoms with Crippen molar-refractivity contribution in [3.8, 4) is 11.5 Å². The number of likely N-dealkylation sites (N-methyl/N-ethyl adjacent to an activating group) is 3. The first kappa shape index (κ1) is 70.7. The van der Waals surface area contributed by atoms with Crippen molar-refractivity contribution in [2.24, 2.45) is 27.4 Å². The van der Waals surface area contributed by atoms with E-state index in [2.05, 4.69) is 62.2 Å². The summed E-state index contributed by atoms with van der Waals surface area (Å²) in [5.74, 6) is 0.232. The molecule has 5 rings (SSSR count). The van der Waals surface area contributed by atoms with Crippen molar-refractivity contribution >= 4 is 35.6 Å². The number of nitrogens with one attached hydrogen (secondary N) is 3. The van der Waals surface area contributed by atoms with Gasteiger partial charge in [-0.15, -0.1) is 0 Å². The summed E-state index contributed by atoms with van der Waals surface area (Å²) in [6.45, 7) is 28.0. The number of rotatable bonds is 13. The molecule has 0 radical (unpaired) electrons. The van der Waals surface area contributed by atoms with E-state index >= 15 is 0 Å². The van der Waals surface area contributed by atoms with Crippen molar-refractivity contribution in [3.05, 3.63) is 59.7 Å². The number of amides is 3. The molecule has 4 atom stereocenters. The number of likely N-dealkylation sites (tertiary alicyclic amines) is 3. The largest absolute Gasteiger partial charge is 0.490 e. The molecule has 0 saturated carbocycles. The molecule has 444 valence electrons. The van der Waals surface area contributed by atoms with E-state index in [1.807, 2.05) is 70.3 Å². The second-order valence-corrected chi connectivity index (χ2v) is 24.3. The summed E-state index contributed by atoms with van der Waals surface area (Å²) in [7, 11) is 8.03. The van der Waals surface area contributed by atoms with E-state index in [9.17, 15) is 33.9 Å². The highest BCUT2D eigenvalue weighted by atomic mass is 16.5. The van der Waals surface area contributed by atoms with Gasteiger partial charge in [0.25, 0.3) is 0 Å². The molecule has 3 heterocycles. The van der Waals surface area contributed by atoms with Gasteiger partial charge >= 0.3 is 17.9 Å². The number of aliphatic hydroxyl groups excluding tert-OH is 1. The standard InChI is InChI=1S/C20H30N2O4.C19H28N2O4.C12H24N2O2.C7H15NO2.CH4/c1-20(2,3)17(21-4)18(23)22-12-10-16(11-13-22)26-15-8-6-14(7-9-15)19(24)25-5;1-19(2,3)16(20)17(22)21-11-9-15(10-12-21)25-14-7-5-13(6-8-14)18(23)24-4;1-12(2,3)10(13-4)11(16)14-7-5-9(15)6-8-14;1-7(2,3)5(8-4)6(9)10;/h6-9,16-17,21H,10-13H2,1-5H3;5-8,15-16H,9-12,20H2,1-4H3;9-10,13,15H,5-8H2,1-4H3;5,8H,1-4H3,(H,9,10);1H4/t17-;16-;10-;5-;/m1111./s1. The van der Waals surface area contributed by atoms with Gasteiger partial charge < -0.3 is 65.5 Å². The number of nitrogens with zero attached hydrogens (tertiary/aromatic N) is 3. The van der Waals surface area contributed by atoms with Crippen LogP contribution in [0, 0.1) is 21.7 Å². The van der Waals surface area contributed by atoms with Crippen LogP contribution in [0.3, 0.4) is 0 Å². The molecule has 2 aromatic carbocycles. The van der Waals surface area contributed by atoms with Crippen molar-refractivity contribution in [2.75, 3.05) is 74.6 Å². The second kappa shape index (κ2) is 32.0. The maximum absolute atomic E-state index is 12.7. The van der Waals surface area contributed by atoms with E-state index in [0.717, 1.165) is 31.4 Å². The fraction of sp³-hybridized carbons (Fsp3) is 0.695. The summed E-state index contributed by atoms with van der Waals surface area (Å²) in [5.41, 5.74) is 6.39. The second-order valence-electron chi connectivity index (χ2n) is 24.3. The lowest BCUT2D eigenvalue weighted by atomic mass is 9.85. The lowest BCUT2D eigenvalue weighted by molar-refractivity contribution is -0.142. The summed E-state index contributed by atoms with van der Waals surface area (Å²) < 4.78 is 21.3. The van der Waals surface area contributed by atoms with Crippen molar-refractivity contribution in [1.82, 2.24) is 30.7 Å². The molecule has 3 saturated heterocycles. The lowest BCUT2D eigenvalue weighted by Gasteiger charge is -2.38. The Morgan fingerprint density at radius 3 is 1.01 bits per heavy atom. The molecule has 0 spiro atoms. The number of esters is 2. The fourth-order valence-electron chi connectivity index (χ4n) is 9.15. The number of carboxylic acids is 1. The Labute approximate surface area is 467 Å². The van der Waals surface area contributed by atoms with E-state index < -0.39 is 18.1 Å². The summed E-state index contributed by atoms with van der Waals surface area (Å²) in [4.78, 5) is 76.5. The van der Waals surface area contributed by atoms with Crippen molar-refractivity contribution in [1.29, 1.82) is 0 Å². The highest BCUT2D eigenvalue weighted by Crippen LogP contribution is 2.27. The number of methoxy groups -OCH3 is 2. The summed E-state index contributed by atoms with van der Waals surface area (Å²) in [6, 6.07) is 12.5. The molecule has 19 nitrogen and oxygen atoms in total. The number of carbonyl (C=O) groups excluding carboxylic acids is 5. The van der Waals surface area contributed by atoms with Crippen LogP contribution in [-0.4, -0.2) is 178 Å². The van der Waals surface area contributed by atoms with E-state index in [4.69, 9.17) is 25.1 Å². The van der Waals surface area contributed by atoms with Crippen molar-refractivity contribution in [2.45, 2.75) is 172 Å². The van der Waals surface area contributed by atoms with Crippen molar-refractivity contribution in [3.63, 3.8) is 0 Å². The number of aliphatic carboxylic acids is 1. The molecule has 3 aliphatic rings. The quantitative estimate of drug-likeness (QED) is 0.115. The molecule has 19 heteroatoms. The van der Waals surface area contributed by atoms with Crippen LogP contribution in [0.2, 0.25) is 0 Å². The molecule has 3 fully saturated rings. The minimum Gasteiger partial charge on any atom is -0.490 e. The van der Waals surface area contributed by atoms with Crippen LogP contribution in [0.25, 0.3) is 0 Å². The van der Waals surface area contributed by atoms with Crippen LogP contribution in [0.1, 0.15) is 150 Å². The van der Waals surface area contributed by atoms with Gasteiger partial charge in [0.05, 0.1) is 49.6 Å². The third-order valence-electron chi connectivity index (χ3n) is 13.8. The van der Waals surface area contributed by atoms with Gasteiger partial charge in [-0.2, -0.15) is 0 Å². The lowest BCUT2D eigenvalue weighted by Crippen LogP contribution is -2.54. The highest BCUT2D eigenvalue weighted by molar-refractivity contribution is 5.90. The zero-order chi connectivity index (χ0) is 58.6. The third-order valence-corrected chi connectivity index (χ3v) is 13.8. The van der Waals surface area contributed by atoms with Crippen LogP contribution in [0.5, 0.6) is 11.5 Å². The number of hydrogen-bond acceptors (Lipinski definition) is 15. The molecular formula is C59H101N7O12. The van der Waals surface area contributed by atoms with Gasteiger partial charge in [-0.1, -0.05) is 90.5 Å². The number of nitrogens with two attached hydrogens (primary N) is 1. The molecule has 2 aromatic rings. The van der Waals surface area contributed by atoms with Gasteiger partial charge in [-0.05, 0) is 104 Å². The molecule has 0 aromatic heterocycles. The molecule has 0 bridgehead atoms. The van der Waals surface area contributed by atoms with Gasteiger partial charge in [0.15, 0.2) is 0 Å². The van der Waals surface area contributed by atoms with Crippen LogP contribution < -0.4 is 31.2 Å². The molecule has 7 N–H and O–H groups in total. The summed E-state index contributed by atoms with van der Waals surface area (Å²) >= 11 is 0. The van der Waals surface area contributed by atoms with Gasteiger partial charge in [-0.3, -0.25) is 19.2 Å². The first-order chi connectivity index (χ1) is 35.7. The monoisotopic (exact) mass is 1100 g/mol. The van der Waals surface area contributed by atoms with Crippen LogP contribution in [0.15, 0.2) is 48.5 Å². The maximum atomic E-state index is 12.7. The molecule has 3 aliphatic heterocycles. The minimum atomic E-state index is -0.796. The normalized spacial score (nSPS) is 17.3. The van der Waals surface area contributed by atoms with Crippen LogP contribution >= 0.6 is 0 Å². The molecule has 0 unspecified atom stereocenters. The highest BCUT2D eigenvalue weighted by Gasteiger charge is 2.37. The Balaban J connectivity index is 0.000000546. The Morgan fingerprint density at radius 1 is 0.500 bits per heavy atom. The van der Waals surface area contributed by atoms with Gasteiger partial charge in [0.1, 0.15) is 29.7 Å². The fourth-order valence-corrected chi connectivity index (χ4v) is 9.15. The number of carbonyl (C=O) groups is 6.